The Hall–Kier alpha value is -1.55. The second-order valence-electron chi connectivity index (χ2n) is 5.74. The number of carbonyl (C=O) groups is 1. The van der Waals surface area contributed by atoms with Crippen LogP contribution >= 0.6 is 0 Å². The maximum atomic E-state index is 11.8. The van der Waals surface area contributed by atoms with Gasteiger partial charge in [-0.1, -0.05) is 36.8 Å². The lowest BCUT2D eigenvalue weighted by atomic mass is 9.64. The quantitative estimate of drug-likeness (QED) is 0.746. The summed E-state index contributed by atoms with van der Waals surface area (Å²) in [5.41, 5.74) is 1.42. The van der Waals surface area contributed by atoms with E-state index in [0.717, 1.165) is 12.8 Å². The number of carbonyl (C=O) groups excluding carboxylic acids is 1. The van der Waals surface area contributed by atoms with Gasteiger partial charge in [0.15, 0.2) is 0 Å². The Morgan fingerprint density at radius 3 is 2.60 bits per heavy atom. The Bertz CT molecular complexity index is 429. The number of aliphatic hydroxyl groups is 1. The van der Waals surface area contributed by atoms with Crippen molar-refractivity contribution in [2.45, 2.75) is 44.1 Å². The van der Waals surface area contributed by atoms with Crippen LogP contribution in [0.3, 0.4) is 0 Å². The van der Waals surface area contributed by atoms with Crippen molar-refractivity contribution in [1.29, 1.82) is 0 Å². The molecule has 1 saturated carbocycles. The smallest absolute Gasteiger partial charge is 0.315 e. The summed E-state index contributed by atoms with van der Waals surface area (Å²) in [6, 6.07) is 10.3. The molecule has 0 aliphatic heterocycles. The van der Waals surface area contributed by atoms with E-state index in [1.807, 2.05) is 13.0 Å². The molecule has 2 amide bonds. The van der Waals surface area contributed by atoms with Crippen molar-refractivity contribution in [3.05, 3.63) is 35.9 Å². The lowest BCUT2D eigenvalue weighted by Gasteiger charge is -2.42. The Morgan fingerprint density at radius 1 is 1.35 bits per heavy atom. The minimum Gasteiger partial charge on any atom is -0.396 e. The fraction of sp³-hybridized carbons (Fsp3) is 0.562. The Balaban J connectivity index is 1.87. The van der Waals surface area contributed by atoms with Crippen LogP contribution in [0.4, 0.5) is 4.79 Å². The highest BCUT2D eigenvalue weighted by Gasteiger charge is 2.38. The molecule has 1 aromatic carbocycles. The highest BCUT2D eigenvalue weighted by Crippen LogP contribution is 2.43. The number of hydrogen-bond donors (Lipinski definition) is 3. The number of hydrogen-bond acceptors (Lipinski definition) is 2. The summed E-state index contributed by atoms with van der Waals surface area (Å²) in [6.07, 6.45) is 4.06. The second-order valence-corrected chi connectivity index (χ2v) is 5.74. The van der Waals surface area contributed by atoms with Gasteiger partial charge in [0.2, 0.25) is 0 Å². The highest BCUT2D eigenvalue weighted by molar-refractivity contribution is 5.74. The predicted octanol–water partition coefficient (Wildman–Crippen LogP) is 2.18. The maximum absolute atomic E-state index is 11.8. The van der Waals surface area contributed by atoms with E-state index in [2.05, 4.69) is 34.9 Å². The van der Waals surface area contributed by atoms with E-state index in [-0.39, 0.29) is 24.1 Å². The first-order valence-corrected chi connectivity index (χ1v) is 7.37. The van der Waals surface area contributed by atoms with Crippen molar-refractivity contribution in [3.8, 4) is 0 Å². The summed E-state index contributed by atoms with van der Waals surface area (Å²) >= 11 is 0. The first-order valence-electron chi connectivity index (χ1n) is 7.37. The van der Waals surface area contributed by atoms with Gasteiger partial charge in [0.05, 0.1) is 0 Å². The first-order chi connectivity index (χ1) is 9.66. The monoisotopic (exact) mass is 276 g/mol. The minimum absolute atomic E-state index is 0.00549. The van der Waals surface area contributed by atoms with Gasteiger partial charge in [-0.3, -0.25) is 0 Å². The van der Waals surface area contributed by atoms with Crippen molar-refractivity contribution in [2.75, 3.05) is 13.2 Å². The molecule has 1 aromatic rings. The lowest BCUT2D eigenvalue weighted by Crippen LogP contribution is -2.49. The molecule has 0 unspecified atom stereocenters. The molecule has 1 aliphatic carbocycles. The molecule has 0 spiro atoms. The number of amides is 2. The molecule has 110 valence electrons. The molecule has 3 N–H and O–H groups in total. The molecule has 20 heavy (non-hydrogen) atoms. The van der Waals surface area contributed by atoms with E-state index in [1.54, 1.807) is 0 Å². The van der Waals surface area contributed by atoms with E-state index in [4.69, 9.17) is 5.11 Å². The fourth-order valence-corrected chi connectivity index (χ4v) is 2.75. The Morgan fingerprint density at radius 2 is 2.05 bits per heavy atom. The molecule has 1 fully saturated rings. The average molecular weight is 276 g/mol. The van der Waals surface area contributed by atoms with E-state index in [0.29, 0.717) is 13.0 Å². The molecule has 2 rings (SSSR count). The van der Waals surface area contributed by atoms with Crippen molar-refractivity contribution in [3.63, 3.8) is 0 Å². The topological polar surface area (TPSA) is 61.4 Å². The Labute approximate surface area is 120 Å². The fourth-order valence-electron chi connectivity index (χ4n) is 2.75. The number of nitrogens with one attached hydrogen (secondary N) is 2. The van der Waals surface area contributed by atoms with Gasteiger partial charge in [0.25, 0.3) is 0 Å². The Kier molecular flexibility index (Phi) is 5.01. The molecule has 4 heteroatoms. The van der Waals surface area contributed by atoms with Gasteiger partial charge in [-0.15, -0.1) is 0 Å². The summed E-state index contributed by atoms with van der Waals surface area (Å²) in [6.45, 7) is 2.66. The molecular formula is C16H24N2O2. The predicted molar refractivity (Wildman–Crippen MR) is 79.7 cm³/mol. The molecule has 0 aromatic heterocycles. The van der Waals surface area contributed by atoms with Gasteiger partial charge in [-0.2, -0.15) is 0 Å². The zero-order valence-electron chi connectivity index (χ0n) is 12.1. The molecule has 0 saturated heterocycles. The van der Waals surface area contributed by atoms with Crippen LogP contribution in [0.15, 0.2) is 30.3 Å². The van der Waals surface area contributed by atoms with Crippen LogP contribution in [-0.2, 0) is 5.41 Å². The van der Waals surface area contributed by atoms with Gasteiger partial charge in [0.1, 0.15) is 0 Å². The molecule has 0 heterocycles. The van der Waals surface area contributed by atoms with Crippen LogP contribution in [0.2, 0.25) is 0 Å². The normalized spacial score (nSPS) is 17.9. The maximum Gasteiger partial charge on any atom is 0.315 e. The summed E-state index contributed by atoms with van der Waals surface area (Å²) < 4.78 is 0. The van der Waals surface area contributed by atoms with E-state index in [1.165, 1.54) is 12.0 Å². The van der Waals surface area contributed by atoms with E-state index >= 15 is 0 Å². The van der Waals surface area contributed by atoms with Crippen molar-refractivity contribution in [1.82, 2.24) is 10.6 Å². The van der Waals surface area contributed by atoms with Gasteiger partial charge >= 0.3 is 6.03 Å². The van der Waals surface area contributed by atoms with Crippen molar-refractivity contribution >= 4 is 6.03 Å². The summed E-state index contributed by atoms with van der Waals surface area (Å²) in [5, 5.41) is 14.7. The van der Waals surface area contributed by atoms with Crippen LogP contribution in [-0.4, -0.2) is 30.3 Å². The van der Waals surface area contributed by atoms with Crippen LogP contribution < -0.4 is 10.6 Å². The SMILES string of the molecule is C[C@H](CCO)NC(=O)NCC1(c2ccccc2)CCC1. The highest BCUT2D eigenvalue weighted by atomic mass is 16.3. The molecular weight excluding hydrogens is 252 g/mol. The first kappa shape index (κ1) is 14.9. The third kappa shape index (κ3) is 3.51. The standard InChI is InChI=1S/C16H24N2O2/c1-13(8-11-19)18-15(20)17-12-16(9-5-10-16)14-6-3-2-4-7-14/h2-4,6-7,13,19H,5,8-12H2,1H3,(H2,17,18,20)/t13-/m1/s1. The molecule has 0 radical (unpaired) electrons. The van der Waals surface area contributed by atoms with E-state index < -0.39 is 0 Å². The number of urea groups is 1. The number of rotatable bonds is 6. The largest absolute Gasteiger partial charge is 0.396 e. The van der Waals surface area contributed by atoms with Gasteiger partial charge in [-0.25, -0.2) is 4.79 Å². The van der Waals surface area contributed by atoms with Gasteiger partial charge in [-0.05, 0) is 31.7 Å². The zero-order valence-corrected chi connectivity index (χ0v) is 12.1. The number of benzene rings is 1. The minimum atomic E-state index is -0.145. The lowest BCUT2D eigenvalue weighted by molar-refractivity contribution is 0.210. The summed E-state index contributed by atoms with van der Waals surface area (Å²) in [7, 11) is 0. The zero-order chi connectivity index (χ0) is 14.4. The molecule has 1 atom stereocenters. The van der Waals surface area contributed by atoms with Gasteiger partial charge in [0, 0.05) is 24.6 Å². The van der Waals surface area contributed by atoms with Gasteiger partial charge < -0.3 is 15.7 Å². The van der Waals surface area contributed by atoms with Crippen LogP contribution in [0.25, 0.3) is 0 Å². The molecule has 4 nitrogen and oxygen atoms in total. The third-order valence-electron chi connectivity index (χ3n) is 4.22. The van der Waals surface area contributed by atoms with E-state index in [9.17, 15) is 4.79 Å². The van der Waals surface area contributed by atoms with Crippen LogP contribution in [0, 0.1) is 0 Å². The van der Waals surface area contributed by atoms with Crippen molar-refractivity contribution < 1.29 is 9.90 Å². The number of aliphatic hydroxyl groups excluding tert-OH is 1. The second kappa shape index (κ2) is 6.75. The molecule has 0 bridgehead atoms. The average Bonchev–Trinajstić information content (AvgIpc) is 2.39. The molecule has 1 aliphatic rings. The van der Waals surface area contributed by atoms with Crippen LogP contribution in [0.5, 0.6) is 0 Å². The van der Waals surface area contributed by atoms with Crippen molar-refractivity contribution in [2.24, 2.45) is 0 Å². The third-order valence-corrected chi connectivity index (χ3v) is 4.22. The van der Waals surface area contributed by atoms with Crippen LogP contribution in [0.1, 0.15) is 38.2 Å². The summed E-state index contributed by atoms with van der Waals surface area (Å²) in [5.74, 6) is 0. The summed E-state index contributed by atoms with van der Waals surface area (Å²) in [4.78, 5) is 11.8.